The zero-order valence-corrected chi connectivity index (χ0v) is 15.1. The van der Waals surface area contributed by atoms with Gasteiger partial charge in [-0.1, -0.05) is 20.8 Å². The van der Waals surface area contributed by atoms with Gasteiger partial charge in [-0.2, -0.15) is 0 Å². The van der Waals surface area contributed by atoms with Gasteiger partial charge in [-0.15, -0.1) is 0 Å². The first kappa shape index (κ1) is 17.7. The van der Waals surface area contributed by atoms with Crippen LogP contribution >= 0.6 is 0 Å². The number of aliphatic hydroxyl groups is 1. The molecule has 0 radical (unpaired) electrons. The second-order valence-corrected chi connectivity index (χ2v) is 7.29. The molecule has 1 heterocycles. The van der Waals surface area contributed by atoms with Crippen LogP contribution in [0.5, 0.6) is 0 Å². The van der Waals surface area contributed by atoms with Gasteiger partial charge in [0.05, 0.1) is 6.10 Å². The lowest BCUT2D eigenvalue weighted by atomic mass is 9.60. The predicted molar refractivity (Wildman–Crippen MR) is 91.4 cm³/mol. The number of nitrogens with one attached hydrogen (secondary N) is 1. The Bertz CT molecular complexity index is 705. The molecule has 1 aliphatic heterocycles. The third-order valence-electron chi connectivity index (χ3n) is 5.71. The van der Waals surface area contributed by atoms with E-state index in [4.69, 9.17) is 9.47 Å². The minimum atomic E-state index is -0.810. The molecule has 0 saturated carbocycles. The molecule has 3 rings (SSSR count). The van der Waals surface area contributed by atoms with Crippen molar-refractivity contribution in [1.29, 1.82) is 0 Å². The lowest BCUT2D eigenvalue weighted by Gasteiger charge is -2.47. The maximum Gasteiger partial charge on any atom is 0.407 e. The molecule has 2 aliphatic carbocycles. The molecule has 0 fully saturated rings. The average molecular weight is 347 g/mol. The summed E-state index contributed by atoms with van der Waals surface area (Å²) in [5.74, 6) is 0.110. The molecular formula is C19H25NO5. The average Bonchev–Trinajstić information content (AvgIpc) is 2.84. The number of aliphatic hydroxyl groups excluding tert-OH is 1. The summed E-state index contributed by atoms with van der Waals surface area (Å²) in [6.07, 6.45) is 2.98. The summed E-state index contributed by atoms with van der Waals surface area (Å²) in [6, 6.07) is 0. The van der Waals surface area contributed by atoms with Crippen LogP contribution in [0, 0.1) is 11.3 Å². The van der Waals surface area contributed by atoms with Crippen molar-refractivity contribution in [2.75, 3.05) is 6.54 Å². The van der Waals surface area contributed by atoms with Crippen LogP contribution in [0.4, 0.5) is 4.79 Å². The van der Waals surface area contributed by atoms with Crippen molar-refractivity contribution in [3.8, 4) is 0 Å². The van der Waals surface area contributed by atoms with Crippen LogP contribution in [-0.4, -0.2) is 35.9 Å². The van der Waals surface area contributed by atoms with E-state index in [2.05, 4.69) is 12.2 Å². The number of rotatable bonds is 3. The Morgan fingerprint density at radius 1 is 1.52 bits per heavy atom. The molecule has 0 aromatic carbocycles. The lowest BCUT2D eigenvalue weighted by molar-refractivity contribution is -0.133. The molecular weight excluding hydrogens is 322 g/mol. The third kappa shape index (κ3) is 2.88. The molecule has 0 aromatic rings. The molecule has 0 bridgehead atoms. The number of alkyl carbamates (subject to hydrolysis) is 1. The third-order valence-corrected chi connectivity index (χ3v) is 5.71. The van der Waals surface area contributed by atoms with Crippen LogP contribution in [0.2, 0.25) is 0 Å². The van der Waals surface area contributed by atoms with Crippen molar-refractivity contribution < 1.29 is 24.2 Å². The number of allylic oxidation sites excluding steroid dienone is 3. The number of amides is 1. The fraction of sp³-hybridized carbons (Fsp3) is 0.579. The Morgan fingerprint density at radius 2 is 2.24 bits per heavy atom. The molecule has 6 heteroatoms. The molecule has 1 amide bonds. The number of esters is 1. The van der Waals surface area contributed by atoms with Gasteiger partial charge >= 0.3 is 12.1 Å². The number of hydrogen-bond donors (Lipinski definition) is 2. The van der Waals surface area contributed by atoms with Gasteiger partial charge in [-0.05, 0) is 43.4 Å². The summed E-state index contributed by atoms with van der Waals surface area (Å²) in [4.78, 5) is 23.7. The maximum absolute atomic E-state index is 11.9. The van der Waals surface area contributed by atoms with Gasteiger partial charge in [0.15, 0.2) is 0 Å². The Hall–Kier alpha value is -2.08. The van der Waals surface area contributed by atoms with Crippen LogP contribution in [-0.2, 0) is 14.3 Å². The Kier molecular flexibility index (Phi) is 4.49. The summed E-state index contributed by atoms with van der Waals surface area (Å²) < 4.78 is 10.7. The fourth-order valence-electron chi connectivity index (χ4n) is 3.75. The van der Waals surface area contributed by atoms with Crippen molar-refractivity contribution in [3.05, 3.63) is 34.6 Å². The monoisotopic (exact) mass is 347 g/mol. The number of hydrogen-bond acceptors (Lipinski definition) is 5. The van der Waals surface area contributed by atoms with Crippen molar-refractivity contribution >= 4 is 12.1 Å². The van der Waals surface area contributed by atoms with Crippen LogP contribution < -0.4 is 5.32 Å². The van der Waals surface area contributed by atoms with Gasteiger partial charge in [-0.25, -0.2) is 9.59 Å². The number of fused-ring (bicyclic) bond motifs is 2. The fourth-order valence-corrected chi connectivity index (χ4v) is 3.75. The highest BCUT2D eigenvalue weighted by Crippen LogP contribution is 2.53. The smallest absolute Gasteiger partial charge is 0.407 e. The first-order chi connectivity index (χ1) is 11.8. The second-order valence-electron chi connectivity index (χ2n) is 7.29. The summed E-state index contributed by atoms with van der Waals surface area (Å²) in [5, 5.41) is 13.3. The molecule has 136 valence electrons. The zero-order chi connectivity index (χ0) is 18.4. The molecule has 0 unspecified atom stereocenters. The van der Waals surface area contributed by atoms with E-state index in [-0.39, 0.29) is 17.3 Å². The van der Waals surface area contributed by atoms with Crippen LogP contribution in [0.3, 0.4) is 0 Å². The molecule has 25 heavy (non-hydrogen) atoms. The highest BCUT2D eigenvalue weighted by atomic mass is 16.6. The molecule has 0 spiro atoms. The Balaban J connectivity index is 1.92. The minimum absolute atomic E-state index is 0.148. The van der Waals surface area contributed by atoms with Gasteiger partial charge in [-0.3, -0.25) is 0 Å². The molecule has 2 N–H and O–H groups in total. The number of ether oxygens (including phenoxy) is 2. The predicted octanol–water partition coefficient (Wildman–Crippen LogP) is 2.60. The van der Waals surface area contributed by atoms with Crippen molar-refractivity contribution in [2.24, 2.45) is 11.3 Å². The van der Waals surface area contributed by atoms with Crippen molar-refractivity contribution in [2.45, 2.75) is 52.7 Å². The summed E-state index contributed by atoms with van der Waals surface area (Å²) in [7, 11) is 0. The maximum atomic E-state index is 11.9. The van der Waals surface area contributed by atoms with Gasteiger partial charge < -0.3 is 19.9 Å². The lowest BCUT2D eigenvalue weighted by Crippen LogP contribution is -2.49. The van der Waals surface area contributed by atoms with Gasteiger partial charge in [0.2, 0.25) is 0 Å². The van der Waals surface area contributed by atoms with E-state index in [9.17, 15) is 14.7 Å². The summed E-state index contributed by atoms with van der Waals surface area (Å²) in [5.41, 5.74) is 2.13. The normalized spacial score (nSPS) is 33.8. The SMILES string of the molecule is CCCNC(=O)O[C@H]1C=C2C=C3OC(=O)C(C)=C3C[C@]2(C)[C@@H](C)[C@H]1O. The van der Waals surface area contributed by atoms with E-state index in [1.165, 1.54) is 0 Å². The Labute approximate surface area is 147 Å². The molecule has 0 aromatic heterocycles. The first-order valence-corrected chi connectivity index (χ1v) is 8.76. The Morgan fingerprint density at radius 3 is 2.92 bits per heavy atom. The van der Waals surface area contributed by atoms with Crippen LogP contribution in [0.1, 0.15) is 40.5 Å². The molecule has 3 aliphatic rings. The quantitative estimate of drug-likeness (QED) is 0.767. The van der Waals surface area contributed by atoms with Crippen molar-refractivity contribution in [3.63, 3.8) is 0 Å². The standard InChI is InChI=1S/C19H25NO5/c1-5-6-20-18(23)25-15-8-12-7-14-13(10(2)17(22)24-14)9-19(12,4)11(3)16(15)21/h7-8,11,15-16,21H,5-6,9H2,1-4H3,(H,20,23)/t11-,15-,16+,19+/m0/s1. The molecule has 6 nitrogen and oxygen atoms in total. The molecule has 0 saturated heterocycles. The summed E-state index contributed by atoms with van der Waals surface area (Å²) in [6.45, 7) is 8.26. The van der Waals surface area contributed by atoms with Gasteiger partial charge in [0, 0.05) is 23.1 Å². The zero-order valence-electron chi connectivity index (χ0n) is 15.1. The highest BCUT2D eigenvalue weighted by molar-refractivity contribution is 5.94. The number of carbonyl (C=O) groups excluding carboxylic acids is 2. The number of carbonyl (C=O) groups is 2. The van der Waals surface area contributed by atoms with E-state index >= 15 is 0 Å². The van der Waals surface area contributed by atoms with E-state index in [0.29, 0.717) is 24.3 Å². The van der Waals surface area contributed by atoms with Gasteiger partial charge in [0.1, 0.15) is 11.9 Å². The summed E-state index contributed by atoms with van der Waals surface area (Å²) >= 11 is 0. The van der Waals surface area contributed by atoms with E-state index < -0.39 is 18.3 Å². The highest BCUT2D eigenvalue weighted by Gasteiger charge is 2.49. The first-order valence-electron chi connectivity index (χ1n) is 8.76. The largest absolute Gasteiger partial charge is 0.439 e. The van der Waals surface area contributed by atoms with E-state index in [0.717, 1.165) is 17.6 Å². The van der Waals surface area contributed by atoms with Crippen molar-refractivity contribution in [1.82, 2.24) is 5.32 Å². The van der Waals surface area contributed by atoms with Crippen LogP contribution in [0.15, 0.2) is 34.6 Å². The van der Waals surface area contributed by atoms with Gasteiger partial charge in [0.25, 0.3) is 0 Å². The second kappa shape index (κ2) is 6.33. The van der Waals surface area contributed by atoms with E-state index in [1.807, 2.05) is 19.9 Å². The topological polar surface area (TPSA) is 84.9 Å². The minimum Gasteiger partial charge on any atom is -0.439 e. The van der Waals surface area contributed by atoms with E-state index in [1.54, 1.807) is 13.0 Å². The van der Waals surface area contributed by atoms with Crippen LogP contribution in [0.25, 0.3) is 0 Å². The molecule has 4 atom stereocenters.